The van der Waals surface area contributed by atoms with E-state index in [1.165, 1.54) is 12.1 Å². The molecule has 0 saturated heterocycles. The van der Waals surface area contributed by atoms with E-state index >= 15 is 0 Å². The van der Waals surface area contributed by atoms with Crippen LogP contribution in [0.5, 0.6) is 0 Å². The van der Waals surface area contributed by atoms with Crippen molar-refractivity contribution in [2.45, 2.75) is 45.3 Å². The first kappa shape index (κ1) is 26.0. The van der Waals surface area contributed by atoms with Crippen LogP contribution in [-0.4, -0.2) is 48.1 Å². The van der Waals surface area contributed by atoms with Crippen molar-refractivity contribution in [3.05, 3.63) is 75.3 Å². The molecule has 2 aromatic carbocycles. The van der Waals surface area contributed by atoms with Crippen molar-refractivity contribution in [2.75, 3.05) is 19.8 Å². The van der Waals surface area contributed by atoms with Gasteiger partial charge < -0.3 is 19.3 Å². The summed E-state index contributed by atoms with van der Waals surface area (Å²) in [6.07, 6.45) is -1.78. The molecule has 0 aromatic heterocycles. The lowest BCUT2D eigenvalue weighted by Crippen LogP contribution is -2.50. The molecule has 1 N–H and O–H groups in total. The Kier molecular flexibility index (Phi) is 9.50. The second-order valence-electron chi connectivity index (χ2n) is 7.33. The Morgan fingerprint density at radius 2 is 1.76 bits per heavy atom. The van der Waals surface area contributed by atoms with Crippen molar-refractivity contribution in [3.8, 4) is 0 Å². The molecule has 2 aromatic rings. The molecule has 0 aliphatic heterocycles. The van der Waals surface area contributed by atoms with Gasteiger partial charge in [0.05, 0.1) is 24.6 Å². The molecule has 0 aliphatic rings. The molecule has 0 bridgehead atoms. The summed E-state index contributed by atoms with van der Waals surface area (Å²) in [6.45, 7) is 4.96. The van der Waals surface area contributed by atoms with Crippen LogP contribution in [0.1, 0.15) is 37.0 Å². The van der Waals surface area contributed by atoms with E-state index in [0.717, 1.165) is 0 Å². The van der Waals surface area contributed by atoms with E-state index < -0.39 is 28.6 Å². The Bertz CT molecular complexity index is 962. The Hall–Kier alpha value is -3.30. The summed E-state index contributed by atoms with van der Waals surface area (Å²) in [5.74, 6) is -1.31. The Balaban J connectivity index is 2.22. The van der Waals surface area contributed by atoms with E-state index in [1.807, 2.05) is 0 Å². The third kappa shape index (κ3) is 6.15. The number of carbonyl (C=O) groups excluding carboxylic acids is 2. The monoisotopic (exact) mass is 459 g/mol. The first-order valence-electron chi connectivity index (χ1n) is 10.7. The highest BCUT2D eigenvalue weighted by molar-refractivity contribution is 5.84. The number of rotatable bonds is 12. The van der Waals surface area contributed by atoms with Crippen LogP contribution in [-0.2, 0) is 35.6 Å². The van der Waals surface area contributed by atoms with Gasteiger partial charge in [0.2, 0.25) is 0 Å². The molecule has 33 heavy (non-hydrogen) atoms. The minimum Gasteiger partial charge on any atom is -0.465 e. The van der Waals surface area contributed by atoms with Gasteiger partial charge in [-0.25, -0.2) is 0 Å². The summed E-state index contributed by atoms with van der Waals surface area (Å²) in [4.78, 5) is 36.1. The molecule has 9 nitrogen and oxygen atoms in total. The third-order valence-electron chi connectivity index (χ3n) is 5.38. The summed E-state index contributed by atoms with van der Waals surface area (Å²) < 4.78 is 16.0. The molecule has 0 spiro atoms. The van der Waals surface area contributed by atoms with Gasteiger partial charge in [0.25, 0.3) is 5.69 Å². The van der Waals surface area contributed by atoms with Gasteiger partial charge in [0, 0.05) is 24.7 Å². The van der Waals surface area contributed by atoms with Crippen LogP contribution in [0.15, 0.2) is 48.5 Å². The Labute approximate surface area is 192 Å². The third-order valence-corrected chi connectivity index (χ3v) is 5.38. The molecule has 0 heterocycles. The minimum atomic E-state index is -1.60. The lowest BCUT2D eigenvalue weighted by atomic mass is 9.76. The van der Waals surface area contributed by atoms with Gasteiger partial charge >= 0.3 is 11.9 Å². The largest absolute Gasteiger partial charge is 0.465 e. The lowest BCUT2D eigenvalue weighted by molar-refractivity contribution is -0.385. The van der Waals surface area contributed by atoms with Gasteiger partial charge in [-0.05, 0) is 31.9 Å². The first-order chi connectivity index (χ1) is 15.8. The molecule has 0 saturated carbocycles. The highest BCUT2D eigenvalue weighted by Gasteiger charge is 2.49. The zero-order chi connectivity index (χ0) is 24.4. The Morgan fingerprint density at radius 1 is 1.06 bits per heavy atom. The van der Waals surface area contributed by atoms with Crippen LogP contribution >= 0.6 is 0 Å². The second kappa shape index (κ2) is 12.1. The molecular weight excluding hydrogens is 430 g/mol. The summed E-state index contributed by atoms with van der Waals surface area (Å²) in [6, 6.07) is 13.1. The minimum absolute atomic E-state index is 0.0782. The van der Waals surface area contributed by atoms with E-state index in [2.05, 4.69) is 0 Å². The van der Waals surface area contributed by atoms with Gasteiger partial charge in [0.15, 0.2) is 6.29 Å². The van der Waals surface area contributed by atoms with E-state index in [-0.39, 0.29) is 38.3 Å². The van der Waals surface area contributed by atoms with Crippen molar-refractivity contribution >= 4 is 17.6 Å². The van der Waals surface area contributed by atoms with E-state index in [4.69, 9.17) is 14.2 Å². The molecule has 178 valence electrons. The SMILES string of the molecule is CCOC(=O)C(CCOC(=O)Cc1cccc([N+](=O)[O-])c1C)(c1ccccc1)C(O)OCC. The quantitative estimate of drug-likeness (QED) is 0.222. The van der Waals surface area contributed by atoms with Gasteiger partial charge in [-0.1, -0.05) is 42.5 Å². The number of carbonyl (C=O) groups is 2. The normalized spacial score (nSPS) is 13.6. The number of benzene rings is 2. The standard InChI is InChI=1S/C24H29NO8/c1-4-31-22(27)24(23(28)32-5-2,19-11-7-6-8-12-19)14-15-33-21(26)16-18-10-9-13-20(17(18)3)25(29)30/h6-13,22,27H,4-5,14-16H2,1-3H3. The van der Waals surface area contributed by atoms with Crippen LogP contribution < -0.4 is 0 Å². The second-order valence-corrected chi connectivity index (χ2v) is 7.33. The Morgan fingerprint density at radius 3 is 2.36 bits per heavy atom. The zero-order valence-electron chi connectivity index (χ0n) is 19.0. The number of esters is 2. The molecule has 2 rings (SSSR count). The molecule has 0 radical (unpaired) electrons. The fourth-order valence-corrected chi connectivity index (χ4v) is 3.62. The van der Waals surface area contributed by atoms with Crippen molar-refractivity contribution < 1.29 is 33.8 Å². The van der Waals surface area contributed by atoms with E-state index in [9.17, 15) is 24.8 Å². The molecule has 2 atom stereocenters. The van der Waals surface area contributed by atoms with E-state index in [1.54, 1.807) is 57.2 Å². The number of nitro benzene ring substituents is 1. The van der Waals surface area contributed by atoms with Crippen molar-refractivity contribution in [3.63, 3.8) is 0 Å². The van der Waals surface area contributed by atoms with Crippen LogP contribution in [0, 0.1) is 17.0 Å². The maximum Gasteiger partial charge on any atom is 0.321 e. The molecule has 0 fully saturated rings. The van der Waals surface area contributed by atoms with Crippen LogP contribution in [0.25, 0.3) is 0 Å². The van der Waals surface area contributed by atoms with Crippen LogP contribution in [0.4, 0.5) is 5.69 Å². The number of aliphatic hydroxyl groups excluding tert-OH is 1. The van der Waals surface area contributed by atoms with Gasteiger partial charge in [-0.2, -0.15) is 0 Å². The van der Waals surface area contributed by atoms with Crippen LogP contribution in [0.2, 0.25) is 0 Å². The van der Waals surface area contributed by atoms with Crippen molar-refractivity contribution in [1.82, 2.24) is 0 Å². The summed E-state index contributed by atoms with van der Waals surface area (Å²) in [5, 5.41) is 21.9. The topological polar surface area (TPSA) is 125 Å². The molecule has 2 unspecified atom stereocenters. The summed E-state index contributed by atoms with van der Waals surface area (Å²) >= 11 is 0. The summed E-state index contributed by atoms with van der Waals surface area (Å²) in [5.41, 5.74) is -0.352. The maximum atomic E-state index is 13.0. The number of nitro groups is 1. The van der Waals surface area contributed by atoms with Gasteiger partial charge in [0.1, 0.15) is 5.41 Å². The number of hydrogen-bond donors (Lipinski definition) is 1. The molecule has 0 aliphatic carbocycles. The fraction of sp³-hybridized carbons (Fsp3) is 0.417. The summed E-state index contributed by atoms with van der Waals surface area (Å²) in [7, 11) is 0. The average molecular weight is 459 g/mol. The van der Waals surface area contributed by atoms with Crippen molar-refractivity contribution in [2.24, 2.45) is 0 Å². The zero-order valence-corrected chi connectivity index (χ0v) is 19.0. The number of nitrogens with zero attached hydrogens (tertiary/aromatic N) is 1. The van der Waals surface area contributed by atoms with Crippen molar-refractivity contribution in [1.29, 1.82) is 0 Å². The van der Waals surface area contributed by atoms with Gasteiger partial charge in [-0.15, -0.1) is 0 Å². The lowest BCUT2D eigenvalue weighted by Gasteiger charge is -2.35. The number of hydrogen-bond acceptors (Lipinski definition) is 8. The highest BCUT2D eigenvalue weighted by Crippen LogP contribution is 2.35. The number of aliphatic hydroxyl groups is 1. The maximum absolute atomic E-state index is 13.0. The van der Waals surface area contributed by atoms with Crippen LogP contribution in [0.3, 0.4) is 0 Å². The number of ether oxygens (including phenoxy) is 3. The fourth-order valence-electron chi connectivity index (χ4n) is 3.62. The molecular formula is C24H29NO8. The molecule has 9 heteroatoms. The average Bonchev–Trinajstić information content (AvgIpc) is 2.79. The van der Waals surface area contributed by atoms with E-state index in [0.29, 0.717) is 16.7 Å². The molecule has 0 amide bonds. The predicted molar refractivity (Wildman–Crippen MR) is 119 cm³/mol. The smallest absolute Gasteiger partial charge is 0.321 e. The predicted octanol–water partition coefficient (Wildman–Crippen LogP) is 3.24. The first-order valence-corrected chi connectivity index (χ1v) is 10.7. The highest BCUT2D eigenvalue weighted by atomic mass is 16.6. The van der Waals surface area contributed by atoms with Gasteiger partial charge in [-0.3, -0.25) is 19.7 Å².